The summed E-state index contributed by atoms with van der Waals surface area (Å²) in [5.74, 6) is 2.69. The van der Waals surface area contributed by atoms with E-state index in [1.54, 1.807) is 6.20 Å². The Bertz CT molecular complexity index is 1800. The van der Waals surface area contributed by atoms with Crippen LogP contribution in [0.5, 0.6) is 5.75 Å². The van der Waals surface area contributed by atoms with E-state index in [0.717, 1.165) is 38.9 Å². The monoisotopic (exact) mass is 568 g/mol. The molecule has 8 nitrogen and oxygen atoms in total. The molecule has 4 aliphatic heterocycles. The molecule has 4 atom stereocenters. The van der Waals surface area contributed by atoms with Crippen LogP contribution in [0.4, 0.5) is 20.5 Å². The summed E-state index contributed by atoms with van der Waals surface area (Å²) in [4.78, 5) is 21.1. The third-order valence-corrected chi connectivity index (χ3v) is 9.55. The average Bonchev–Trinajstić information content (AvgIpc) is 3.67. The number of anilines is 2. The number of aromatic hydroxyl groups is 1. The fourth-order valence-electron chi connectivity index (χ4n) is 7.48. The van der Waals surface area contributed by atoms with Crippen molar-refractivity contribution in [2.45, 2.75) is 37.5 Å². The Morgan fingerprint density at radius 1 is 1.02 bits per heavy atom. The topological polar surface area (TPSA) is 77.9 Å². The molecule has 2 aromatic carbocycles. The molecular weight excluding hydrogens is 538 g/mol. The summed E-state index contributed by atoms with van der Waals surface area (Å²) < 4.78 is 37.6. The maximum Gasteiger partial charge on any atom is 0.228 e. The quantitative estimate of drug-likeness (QED) is 0.367. The van der Waals surface area contributed by atoms with Crippen molar-refractivity contribution in [1.82, 2.24) is 19.9 Å². The van der Waals surface area contributed by atoms with Gasteiger partial charge in [0, 0.05) is 49.4 Å². The molecule has 10 heteroatoms. The van der Waals surface area contributed by atoms with Crippen molar-refractivity contribution in [2.75, 3.05) is 49.6 Å². The van der Waals surface area contributed by atoms with Gasteiger partial charge in [0.15, 0.2) is 5.82 Å². The maximum absolute atomic E-state index is 16.8. The van der Waals surface area contributed by atoms with E-state index in [0.29, 0.717) is 53.0 Å². The van der Waals surface area contributed by atoms with Gasteiger partial charge >= 0.3 is 0 Å². The number of hydrogen-bond donors (Lipinski definition) is 1. The standard InChI is InChI=1S/C32H30F2N6O2/c1-3-22-25(33)7-4-17-10-19(41)11-23(27(17)22)29-28(34)30-24(12-35-29)31(39-14-20-5-6-21(15-39)42-20)37-32(36-30)40-13-18-8-9-38(2)26(18)16-40/h1,4,7,10-12,18,20-21,26,41H,5-6,8-9,13-16H2,2H3/t18-,20?,21?,26+/m0/s1. The lowest BCUT2D eigenvalue weighted by Crippen LogP contribution is -2.43. The first-order chi connectivity index (χ1) is 20.4. The lowest BCUT2D eigenvalue weighted by atomic mass is 9.96. The number of terminal acetylenes is 1. The van der Waals surface area contributed by atoms with Crippen molar-refractivity contribution < 1.29 is 18.6 Å². The lowest BCUT2D eigenvalue weighted by molar-refractivity contribution is 0.0303. The number of rotatable bonds is 3. The Morgan fingerprint density at radius 3 is 2.60 bits per heavy atom. The van der Waals surface area contributed by atoms with Crippen molar-refractivity contribution in [2.24, 2.45) is 5.92 Å². The van der Waals surface area contributed by atoms with Crippen LogP contribution >= 0.6 is 0 Å². The predicted octanol–water partition coefficient (Wildman–Crippen LogP) is 4.32. The Kier molecular flexibility index (Phi) is 5.78. The molecule has 214 valence electrons. The van der Waals surface area contributed by atoms with Gasteiger partial charge in [-0.15, -0.1) is 6.42 Å². The molecule has 0 saturated carbocycles. The second-order valence-electron chi connectivity index (χ2n) is 12.1. The minimum atomic E-state index is -0.663. The number of phenolic OH excluding ortho intramolecular Hbond substituents is 1. The molecule has 0 amide bonds. The number of likely N-dealkylation sites (N-methyl/N-ethyl adjacent to an activating group) is 1. The second-order valence-corrected chi connectivity index (χ2v) is 12.1. The summed E-state index contributed by atoms with van der Waals surface area (Å²) in [6, 6.07) is 6.03. The highest BCUT2D eigenvalue weighted by Gasteiger charge is 2.41. The SMILES string of the molecule is C#Cc1c(F)ccc2cc(O)cc(-c3ncc4c(N5CC6CCC(C5)O6)nc(N5C[C@@H]6CCN(C)[C@@H]6C5)nc4c3F)c12. The number of fused-ring (bicyclic) bond motifs is 5. The van der Waals surface area contributed by atoms with Crippen LogP contribution in [0.3, 0.4) is 0 Å². The number of ether oxygens (including phenoxy) is 1. The summed E-state index contributed by atoms with van der Waals surface area (Å²) in [6.07, 6.45) is 10.6. The van der Waals surface area contributed by atoms with Gasteiger partial charge in [0.05, 0.1) is 23.2 Å². The number of benzene rings is 2. The molecule has 8 rings (SSSR count). The van der Waals surface area contributed by atoms with Gasteiger partial charge in [-0.05, 0) is 62.4 Å². The zero-order chi connectivity index (χ0) is 28.7. The predicted molar refractivity (Wildman–Crippen MR) is 157 cm³/mol. The highest BCUT2D eigenvalue weighted by atomic mass is 19.1. The highest BCUT2D eigenvalue weighted by molar-refractivity contribution is 6.03. The molecule has 4 saturated heterocycles. The summed E-state index contributed by atoms with van der Waals surface area (Å²) in [7, 11) is 2.15. The van der Waals surface area contributed by atoms with E-state index >= 15 is 4.39 Å². The number of nitrogens with zero attached hydrogens (tertiary/aromatic N) is 6. The van der Waals surface area contributed by atoms with Crippen LogP contribution in [0.15, 0.2) is 30.5 Å². The first-order valence-corrected chi connectivity index (χ1v) is 14.5. The van der Waals surface area contributed by atoms with E-state index in [9.17, 15) is 9.50 Å². The van der Waals surface area contributed by atoms with E-state index in [1.165, 1.54) is 24.3 Å². The van der Waals surface area contributed by atoms with E-state index in [1.807, 2.05) is 0 Å². The van der Waals surface area contributed by atoms with Gasteiger partial charge in [0.25, 0.3) is 0 Å². The van der Waals surface area contributed by atoms with Gasteiger partial charge < -0.3 is 24.5 Å². The smallest absolute Gasteiger partial charge is 0.228 e. The van der Waals surface area contributed by atoms with E-state index in [-0.39, 0.29) is 40.3 Å². The minimum absolute atomic E-state index is 0.00983. The average molecular weight is 569 g/mol. The van der Waals surface area contributed by atoms with Crippen molar-refractivity contribution >= 4 is 33.4 Å². The van der Waals surface area contributed by atoms with Crippen LogP contribution in [0.25, 0.3) is 32.9 Å². The molecule has 4 fully saturated rings. The highest BCUT2D eigenvalue weighted by Crippen LogP contribution is 2.40. The van der Waals surface area contributed by atoms with Crippen molar-refractivity contribution in [1.29, 1.82) is 0 Å². The van der Waals surface area contributed by atoms with Crippen molar-refractivity contribution in [3.05, 3.63) is 47.7 Å². The third kappa shape index (κ3) is 3.91. The number of likely N-dealkylation sites (tertiary alicyclic amines) is 1. The number of aromatic nitrogens is 3. The number of morpholine rings is 1. The van der Waals surface area contributed by atoms with Crippen LogP contribution in [-0.4, -0.2) is 83.0 Å². The summed E-state index contributed by atoms with van der Waals surface area (Å²) in [5.41, 5.74) is 0.283. The number of pyridine rings is 1. The normalized spacial score (nSPS) is 25.5. The van der Waals surface area contributed by atoms with Gasteiger partial charge in [-0.3, -0.25) is 4.98 Å². The van der Waals surface area contributed by atoms with Gasteiger partial charge in [0.2, 0.25) is 5.95 Å². The maximum atomic E-state index is 16.8. The van der Waals surface area contributed by atoms with Gasteiger partial charge in [0.1, 0.15) is 28.6 Å². The molecule has 4 aliphatic rings. The van der Waals surface area contributed by atoms with Crippen LogP contribution in [0, 0.1) is 29.9 Å². The van der Waals surface area contributed by atoms with Crippen LogP contribution < -0.4 is 9.80 Å². The van der Waals surface area contributed by atoms with Gasteiger partial charge in [-0.1, -0.05) is 12.0 Å². The Labute approximate surface area is 241 Å². The largest absolute Gasteiger partial charge is 0.508 e. The molecule has 2 unspecified atom stereocenters. The molecular formula is C32H30F2N6O2. The summed E-state index contributed by atoms with van der Waals surface area (Å²) in [6.45, 7) is 4.01. The van der Waals surface area contributed by atoms with Crippen LogP contribution in [0.1, 0.15) is 24.8 Å². The summed E-state index contributed by atoms with van der Waals surface area (Å²) >= 11 is 0. The zero-order valence-electron chi connectivity index (χ0n) is 23.2. The first kappa shape index (κ1) is 25.6. The molecule has 0 spiro atoms. The molecule has 2 bridgehead atoms. The third-order valence-electron chi connectivity index (χ3n) is 9.55. The molecule has 6 heterocycles. The van der Waals surface area contributed by atoms with Gasteiger partial charge in [-0.2, -0.15) is 4.98 Å². The fourth-order valence-corrected chi connectivity index (χ4v) is 7.48. The zero-order valence-corrected chi connectivity index (χ0v) is 23.2. The molecule has 0 aliphatic carbocycles. The minimum Gasteiger partial charge on any atom is -0.508 e. The Morgan fingerprint density at radius 2 is 1.83 bits per heavy atom. The number of halogens is 2. The molecule has 42 heavy (non-hydrogen) atoms. The number of hydrogen-bond acceptors (Lipinski definition) is 8. The van der Waals surface area contributed by atoms with Crippen LogP contribution in [-0.2, 0) is 4.74 Å². The number of phenols is 1. The van der Waals surface area contributed by atoms with Crippen molar-refractivity contribution in [3.8, 4) is 29.4 Å². The first-order valence-electron chi connectivity index (χ1n) is 14.5. The van der Waals surface area contributed by atoms with E-state index in [2.05, 4.69) is 32.7 Å². The van der Waals surface area contributed by atoms with Gasteiger partial charge in [-0.25, -0.2) is 13.8 Å². The molecule has 4 aromatic rings. The van der Waals surface area contributed by atoms with Crippen molar-refractivity contribution in [3.63, 3.8) is 0 Å². The van der Waals surface area contributed by atoms with Crippen LogP contribution in [0.2, 0.25) is 0 Å². The Balaban J connectivity index is 1.33. The fraction of sp³-hybridized carbons (Fsp3) is 0.406. The Hall–Kier alpha value is -4.07. The molecule has 2 aromatic heterocycles. The lowest BCUT2D eigenvalue weighted by Gasteiger charge is -2.34. The van der Waals surface area contributed by atoms with E-state index < -0.39 is 11.6 Å². The second kappa shape index (κ2) is 9.48. The van der Waals surface area contributed by atoms with E-state index in [4.69, 9.17) is 21.1 Å². The molecule has 1 N–H and O–H groups in total. The molecule has 0 radical (unpaired) electrons. The summed E-state index contributed by atoms with van der Waals surface area (Å²) in [5, 5.41) is 11.8.